The standard InChI is InChI=1S/C70H136O6/c1-4-7-10-13-16-19-22-25-28-31-33-34-35-37-39-42-45-48-51-54-57-60-63-69(72)75-66-67(65-74-68(71)62-59-56-53-50-47-44-41-38-30-27-24-21-18-15-12-9-6-3)76-70(73)64-61-58-55-52-49-46-43-40-36-32-29-26-23-20-17-14-11-8-5-2/h67H,4-66H2,1-3H3. The van der Waals surface area contributed by atoms with Crippen molar-refractivity contribution in [1.29, 1.82) is 0 Å². The van der Waals surface area contributed by atoms with Crippen molar-refractivity contribution in [2.75, 3.05) is 13.2 Å². The van der Waals surface area contributed by atoms with Gasteiger partial charge in [0, 0.05) is 19.3 Å². The maximum Gasteiger partial charge on any atom is 0.306 e. The van der Waals surface area contributed by atoms with Crippen molar-refractivity contribution in [1.82, 2.24) is 0 Å². The monoisotopic (exact) mass is 1070 g/mol. The maximum absolute atomic E-state index is 12.9. The van der Waals surface area contributed by atoms with Crippen molar-refractivity contribution in [3.8, 4) is 0 Å². The SMILES string of the molecule is CCCCCCCCCCCCCCCCCCCCCCCCC(=O)OCC(COC(=O)CCCCCCCCCCCCCCCCCCC)OC(=O)CCCCCCCCCCCCCCCCCCCCC. The van der Waals surface area contributed by atoms with Gasteiger partial charge in [0.05, 0.1) is 0 Å². The molecule has 0 radical (unpaired) electrons. The van der Waals surface area contributed by atoms with Crippen molar-refractivity contribution < 1.29 is 28.6 Å². The van der Waals surface area contributed by atoms with E-state index in [0.29, 0.717) is 19.3 Å². The largest absolute Gasteiger partial charge is 0.462 e. The molecule has 0 bridgehead atoms. The Hall–Kier alpha value is -1.59. The number of esters is 3. The molecule has 0 saturated carbocycles. The van der Waals surface area contributed by atoms with Gasteiger partial charge in [-0.05, 0) is 19.3 Å². The van der Waals surface area contributed by atoms with Crippen LogP contribution < -0.4 is 0 Å². The Balaban J connectivity index is 4.25. The van der Waals surface area contributed by atoms with Gasteiger partial charge >= 0.3 is 17.9 Å². The molecule has 76 heavy (non-hydrogen) atoms. The Morgan fingerprint density at radius 1 is 0.211 bits per heavy atom. The molecule has 1 atom stereocenters. The Labute approximate surface area is 476 Å². The highest BCUT2D eigenvalue weighted by molar-refractivity contribution is 5.71. The van der Waals surface area contributed by atoms with Crippen LogP contribution in [0.4, 0.5) is 0 Å². The van der Waals surface area contributed by atoms with Crippen molar-refractivity contribution in [3.63, 3.8) is 0 Å². The number of ether oxygens (including phenoxy) is 3. The molecule has 6 heteroatoms. The van der Waals surface area contributed by atoms with Crippen molar-refractivity contribution in [3.05, 3.63) is 0 Å². The highest BCUT2D eigenvalue weighted by Crippen LogP contribution is 2.19. The van der Waals surface area contributed by atoms with E-state index in [2.05, 4.69) is 20.8 Å². The molecule has 0 aliphatic carbocycles. The summed E-state index contributed by atoms with van der Waals surface area (Å²) >= 11 is 0. The summed E-state index contributed by atoms with van der Waals surface area (Å²) in [5, 5.41) is 0. The van der Waals surface area contributed by atoms with Gasteiger partial charge in [-0.25, -0.2) is 0 Å². The van der Waals surface area contributed by atoms with Gasteiger partial charge in [-0.1, -0.05) is 374 Å². The summed E-state index contributed by atoms with van der Waals surface area (Å²) < 4.78 is 17.0. The lowest BCUT2D eigenvalue weighted by molar-refractivity contribution is -0.167. The number of carbonyl (C=O) groups excluding carboxylic acids is 3. The van der Waals surface area contributed by atoms with Gasteiger partial charge in [-0.2, -0.15) is 0 Å². The van der Waals surface area contributed by atoms with E-state index in [1.165, 1.54) is 315 Å². The molecule has 0 aliphatic heterocycles. The molecule has 0 aliphatic rings. The summed E-state index contributed by atoms with van der Waals surface area (Å²) in [5.74, 6) is -0.818. The number of rotatable bonds is 66. The van der Waals surface area contributed by atoms with E-state index in [0.717, 1.165) is 57.8 Å². The topological polar surface area (TPSA) is 78.9 Å². The predicted octanol–water partition coefficient (Wildman–Crippen LogP) is 23.8. The molecule has 0 aromatic carbocycles. The van der Waals surface area contributed by atoms with Crippen molar-refractivity contribution in [2.45, 2.75) is 419 Å². The fraction of sp³-hybridized carbons (Fsp3) is 0.957. The normalized spacial score (nSPS) is 11.9. The number of hydrogen-bond acceptors (Lipinski definition) is 6. The second-order valence-corrected chi connectivity index (χ2v) is 24.2. The lowest BCUT2D eigenvalue weighted by atomic mass is 10.0. The average Bonchev–Trinajstić information content (AvgIpc) is 3.42. The molecular formula is C70H136O6. The van der Waals surface area contributed by atoms with Gasteiger partial charge in [0.1, 0.15) is 13.2 Å². The molecule has 6 nitrogen and oxygen atoms in total. The molecule has 0 rings (SSSR count). The fourth-order valence-electron chi connectivity index (χ4n) is 11.1. The highest BCUT2D eigenvalue weighted by Gasteiger charge is 2.19. The summed E-state index contributed by atoms with van der Waals surface area (Å²) in [6, 6.07) is 0. The van der Waals surface area contributed by atoms with Crippen LogP contribution in [0.5, 0.6) is 0 Å². The van der Waals surface area contributed by atoms with Crippen LogP contribution >= 0.6 is 0 Å². The fourth-order valence-corrected chi connectivity index (χ4v) is 11.1. The lowest BCUT2D eigenvalue weighted by Gasteiger charge is -2.18. The number of unbranched alkanes of at least 4 members (excludes halogenated alkanes) is 55. The van der Waals surface area contributed by atoms with E-state index in [1.54, 1.807) is 0 Å². The van der Waals surface area contributed by atoms with E-state index in [-0.39, 0.29) is 31.1 Å². The molecule has 452 valence electrons. The average molecular weight is 1070 g/mol. The minimum atomic E-state index is -0.763. The van der Waals surface area contributed by atoms with Gasteiger partial charge < -0.3 is 14.2 Å². The Bertz CT molecular complexity index is 1140. The van der Waals surface area contributed by atoms with Crippen LogP contribution in [0.3, 0.4) is 0 Å². The first-order chi connectivity index (χ1) is 37.5. The third-order valence-corrected chi connectivity index (χ3v) is 16.4. The molecular weight excluding hydrogens is 937 g/mol. The first-order valence-corrected chi connectivity index (χ1v) is 35.0. The zero-order chi connectivity index (χ0) is 55.0. The van der Waals surface area contributed by atoms with Gasteiger partial charge in [0.15, 0.2) is 6.10 Å². The second kappa shape index (κ2) is 65.9. The summed E-state index contributed by atoms with van der Waals surface area (Å²) in [7, 11) is 0. The van der Waals surface area contributed by atoms with Crippen LogP contribution in [-0.4, -0.2) is 37.2 Å². The Morgan fingerprint density at radius 3 is 0.526 bits per heavy atom. The lowest BCUT2D eigenvalue weighted by Crippen LogP contribution is -2.30. The zero-order valence-corrected chi connectivity index (χ0v) is 52.1. The molecule has 0 N–H and O–H groups in total. The van der Waals surface area contributed by atoms with E-state index in [9.17, 15) is 14.4 Å². The first kappa shape index (κ1) is 74.4. The van der Waals surface area contributed by atoms with Crippen LogP contribution in [0.2, 0.25) is 0 Å². The minimum Gasteiger partial charge on any atom is -0.462 e. The third kappa shape index (κ3) is 63.2. The second-order valence-electron chi connectivity index (χ2n) is 24.2. The van der Waals surface area contributed by atoms with Gasteiger partial charge in [0.25, 0.3) is 0 Å². The molecule has 0 aromatic rings. The van der Waals surface area contributed by atoms with Crippen LogP contribution in [0.1, 0.15) is 412 Å². The highest BCUT2D eigenvalue weighted by atomic mass is 16.6. The Kier molecular flexibility index (Phi) is 64.5. The van der Waals surface area contributed by atoms with Crippen molar-refractivity contribution >= 4 is 17.9 Å². The van der Waals surface area contributed by atoms with E-state index >= 15 is 0 Å². The molecule has 0 spiro atoms. The predicted molar refractivity (Wildman–Crippen MR) is 330 cm³/mol. The summed E-state index contributed by atoms with van der Waals surface area (Å²) in [4.78, 5) is 38.4. The summed E-state index contributed by atoms with van der Waals surface area (Å²) in [6.07, 6.45) is 76.9. The smallest absolute Gasteiger partial charge is 0.306 e. The molecule has 0 heterocycles. The van der Waals surface area contributed by atoms with Gasteiger partial charge in [-0.15, -0.1) is 0 Å². The van der Waals surface area contributed by atoms with Crippen LogP contribution in [0.15, 0.2) is 0 Å². The van der Waals surface area contributed by atoms with Crippen molar-refractivity contribution in [2.24, 2.45) is 0 Å². The molecule has 0 amide bonds. The van der Waals surface area contributed by atoms with Crippen LogP contribution in [0.25, 0.3) is 0 Å². The van der Waals surface area contributed by atoms with E-state index in [4.69, 9.17) is 14.2 Å². The molecule has 1 unspecified atom stereocenters. The molecule has 0 fully saturated rings. The van der Waals surface area contributed by atoms with E-state index in [1.807, 2.05) is 0 Å². The Morgan fingerprint density at radius 2 is 0.355 bits per heavy atom. The van der Waals surface area contributed by atoms with Crippen LogP contribution in [-0.2, 0) is 28.6 Å². The molecule has 0 aromatic heterocycles. The quantitative estimate of drug-likeness (QED) is 0.0343. The minimum absolute atomic E-state index is 0.0600. The van der Waals surface area contributed by atoms with Gasteiger partial charge in [0.2, 0.25) is 0 Å². The first-order valence-electron chi connectivity index (χ1n) is 35.0. The number of carbonyl (C=O) groups is 3. The zero-order valence-electron chi connectivity index (χ0n) is 52.1. The van der Waals surface area contributed by atoms with Crippen LogP contribution in [0, 0.1) is 0 Å². The third-order valence-electron chi connectivity index (χ3n) is 16.4. The van der Waals surface area contributed by atoms with E-state index < -0.39 is 6.10 Å². The molecule has 0 saturated heterocycles. The number of hydrogen-bond donors (Lipinski definition) is 0. The maximum atomic E-state index is 12.9. The summed E-state index contributed by atoms with van der Waals surface area (Å²) in [6.45, 7) is 6.75. The summed E-state index contributed by atoms with van der Waals surface area (Å²) in [5.41, 5.74) is 0. The van der Waals surface area contributed by atoms with Gasteiger partial charge in [-0.3, -0.25) is 14.4 Å².